The van der Waals surface area contributed by atoms with E-state index in [1.165, 1.54) is 19.2 Å². The van der Waals surface area contributed by atoms with Gasteiger partial charge in [0.15, 0.2) is 0 Å². The molecule has 4 nitrogen and oxygen atoms in total. The van der Waals surface area contributed by atoms with Crippen LogP contribution in [0.5, 0.6) is 5.75 Å². The first kappa shape index (κ1) is 11.0. The maximum atomic E-state index is 11.5. The molecule has 0 aliphatic rings. The Hall–Kier alpha value is -1.07. The summed E-state index contributed by atoms with van der Waals surface area (Å²) in [5, 5.41) is 0. The molecule has 0 fully saturated rings. The number of nitrogens with one attached hydrogen (secondary N) is 1. The van der Waals surface area contributed by atoms with Crippen LogP contribution < -0.4 is 9.46 Å². The number of hydrogen-bond acceptors (Lipinski definition) is 3. The lowest BCUT2D eigenvalue weighted by molar-refractivity contribution is 0.413. The molecular weight excluding hydrogens is 202 g/mol. The van der Waals surface area contributed by atoms with Crippen molar-refractivity contribution in [3.63, 3.8) is 0 Å². The summed E-state index contributed by atoms with van der Waals surface area (Å²) in [4.78, 5) is 0.181. The van der Waals surface area contributed by atoms with Crippen LogP contribution in [0.15, 0.2) is 29.2 Å². The third-order valence-corrected chi connectivity index (χ3v) is 3.10. The second-order valence-electron chi connectivity index (χ2n) is 2.58. The maximum Gasteiger partial charge on any atom is 0.240 e. The van der Waals surface area contributed by atoms with Gasteiger partial charge in [-0.1, -0.05) is 6.07 Å². The van der Waals surface area contributed by atoms with Crippen LogP contribution in [-0.2, 0) is 10.0 Å². The molecule has 0 unspecified atom stereocenters. The Morgan fingerprint density at radius 2 is 2.21 bits per heavy atom. The van der Waals surface area contributed by atoms with Crippen molar-refractivity contribution < 1.29 is 13.2 Å². The average Bonchev–Trinajstić information content (AvgIpc) is 2.18. The summed E-state index contributed by atoms with van der Waals surface area (Å²) in [7, 11) is -1.95. The highest BCUT2D eigenvalue weighted by molar-refractivity contribution is 7.89. The lowest BCUT2D eigenvalue weighted by Gasteiger charge is -2.05. The highest BCUT2D eigenvalue weighted by Gasteiger charge is 2.12. The van der Waals surface area contributed by atoms with Crippen molar-refractivity contribution >= 4 is 10.0 Å². The summed E-state index contributed by atoms with van der Waals surface area (Å²) in [5.74, 6) is 0.511. The van der Waals surface area contributed by atoms with Gasteiger partial charge in [-0.25, -0.2) is 13.1 Å². The lowest BCUT2D eigenvalue weighted by atomic mass is 10.3. The first-order valence-corrected chi connectivity index (χ1v) is 5.51. The molecule has 0 saturated heterocycles. The Balaban J connectivity index is 3.07. The largest absolute Gasteiger partial charge is 0.497 e. The van der Waals surface area contributed by atoms with Gasteiger partial charge in [-0.05, 0) is 19.1 Å². The van der Waals surface area contributed by atoms with Gasteiger partial charge >= 0.3 is 0 Å². The fraction of sp³-hybridized carbons (Fsp3) is 0.222. The molecule has 0 saturated carbocycles. The van der Waals surface area contributed by atoms with Crippen molar-refractivity contribution in [1.82, 2.24) is 4.72 Å². The monoisotopic (exact) mass is 214 g/mol. The van der Waals surface area contributed by atoms with Gasteiger partial charge in [0.05, 0.1) is 12.0 Å². The fourth-order valence-corrected chi connectivity index (χ4v) is 1.95. The molecular formula is C9H12NO3S. The highest BCUT2D eigenvalue weighted by atomic mass is 32.2. The zero-order valence-corrected chi connectivity index (χ0v) is 8.67. The van der Waals surface area contributed by atoms with Crippen molar-refractivity contribution in [3.8, 4) is 5.75 Å². The molecule has 1 aromatic rings. The van der Waals surface area contributed by atoms with E-state index in [1.807, 2.05) is 0 Å². The van der Waals surface area contributed by atoms with Gasteiger partial charge in [-0.15, -0.1) is 0 Å². The van der Waals surface area contributed by atoms with Gasteiger partial charge in [-0.3, -0.25) is 0 Å². The summed E-state index contributed by atoms with van der Waals surface area (Å²) >= 11 is 0. The van der Waals surface area contributed by atoms with E-state index in [2.05, 4.69) is 11.6 Å². The van der Waals surface area contributed by atoms with E-state index in [9.17, 15) is 8.42 Å². The zero-order valence-electron chi connectivity index (χ0n) is 7.86. The van der Waals surface area contributed by atoms with Crippen LogP contribution in [0.25, 0.3) is 0 Å². The van der Waals surface area contributed by atoms with Crippen molar-refractivity contribution in [2.45, 2.75) is 4.90 Å². The summed E-state index contributed by atoms with van der Waals surface area (Å²) < 4.78 is 30.2. The predicted octanol–water partition coefficient (Wildman–Crippen LogP) is 0.808. The summed E-state index contributed by atoms with van der Waals surface area (Å²) in [6, 6.07) is 6.26. The smallest absolute Gasteiger partial charge is 0.240 e. The molecule has 1 rings (SSSR count). The number of hydrogen-bond donors (Lipinski definition) is 1. The van der Waals surface area contributed by atoms with E-state index >= 15 is 0 Å². The molecule has 0 heterocycles. The van der Waals surface area contributed by atoms with Gasteiger partial charge in [0.2, 0.25) is 10.0 Å². The number of methoxy groups -OCH3 is 1. The van der Waals surface area contributed by atoms with E-state index in [-0.39, 0.29) is 11.4 Å². The summed E-state index contributed by atoms with van der Waals surface area (Å²) in [6.45, 7) is 3.54. The van der Waals surface area contributed by atoms with Gasteiger partial charge in [0.25, 0.3) is 0 Å². The molecule has 1 N–H and O–H groups in total. The topological polar surface area (TPSA) is 55.4 Å². The van der Waals surface area contributed by atoms with Crippen LogP contribution in [-0.4, -0.2) is 22.1 Å². The molecule has 0 aliphatic carbocycles. The van der Waals surface area contributed by atoms with E-state index in [0.717, 1.165) is 0 Å². The van der Waals surface area contributed by atoms with E-state index in [4.69, 9.17) is 4.74 Å². The maximum absolute atomic E-state index is 11.5. The molecule has 0 bridgehead atoms. The van der Waals surface area contributed by atoms with Crippen molar-refractivity contribution in [2.24, 2.45) is 0 Å². The first-order chi connectivity index (χ1) is 6.60. The van der Waals surface area contributed by atoms with Crippen LogP contribution in [0.3, 0.4) is 0 Å². The van der Waals surface area contributed by atoms with Crippen LogP contribution in [0.2, 0.25) is 0 Å². The third-order valence-electron chi connectivity index (χ3n) is 1.64. The summed E-state index contributed by atoms with van der Waals surface area (Å²) in [5.41, 5.74) is 0. The molecule has 0 amide bonds. The molecule has 77 valence electrons. The minimum atomic E-state index is -3.44. The number of sulfonamides is 1. The molecule has 5 heteroatoms. The number of rotatable bonds is 4. The van der Waals surface area contributed by atoms with Crippen molar-refractivity contribution in [2.75, 3.05) is 13.7 Å². The normalized spacial score (nSPS) is 11.3. The minimum absolute atomic E-state index is 0.125. The van der Waals surface area contributed by atoms with Crippen LogP contribution in [0.4, 0.5) is 0 Å². The molecule has 0 atom stereocenters. The molecule has 0 aliphatic heterocycles. The Morgan fingerprint density at radius 1 is 1.50 bits per heavy atom. The minimum Gasteiger partial charge on any atom is -0.497 e. The van der Waals surface area contributed by atoms with Crippen molar-refractivity contribution in [1.29, 1.82) is 0 Å². The third kappa shape index (κ3) is 2.46. The SMILES string of the molecule is [CH2]CNS(=O)(=O)c1cccc(OC)c1. The van der Waals surface area contributed by atoms with Gasteiger partial charge in [0, 0.05) is 12.6 Å². The number of benzene rings is 1. The van der Waals surface area contributed by atoms with Crippen LogP contribution in [0.1, 0.15) is 0 Å². The molecule has 0 spiro atoms. The lowest BCUT2D eigenvalue weighted by Crippen LogP contribution is -2.23. The second kappa shape index (κ2) is 4.43. The van der Waals surface area contributed by atoms with Crippen LogP contribution in [0, 0.1) is 6.92 Å². The second-order valence-corrected chi connectivity index (χ2v) is 4.34. The zero-order chi connectivity index (χ0) is 10.6. The van der Waals surface area contributed by atoms with E-state index < -0.39 is 10.0 Å². The Morgan fingerprint density at radius 3 is 2.79 bits per heavy atom. The van der Waals surface area contributed by atoms with Gasteiger partial charge in [-0.2, -0.15) is 0 Å². The fourth-order valence-electron chi connectivity index (χ4n) is 0.986. The highest BCUT2D eigenvalue weighted by Crippen LogP contribution is 2.16. The van der Waals surface area contributed by atoms with E-state index in [1.54, 1.807) is 12.1 Å². The Bertz CT molecular complexity index is 400. The molecule has 1 radical (unpaired) electrons. The van der Waals surface area contributed by atoms with Gasteiger partial charge in [0.1, 0.15) is 5.75 Å². The first-order valence-electron chi connectivity index (χ1n) is 4.03. The molecule has 1 aromatic carbocycles. The Kier molecular flexibility index (Phi) is 3.49. The Labute approximate surface area is 84.0 Å². The average molecular weight is 214 g/mol. The standard InChI is InChI=1S/C9H12NO3S/c1-3-10-14(11,12)9-6-4-5-8(7-9)13-2/h4-7,10H,1,3H2,2H3. The van der Waals surface area contributed by atoms with Gasteiger partial charge < -0.3 is 4.74 Å². The van der Waals surface area contributed by atoms with Crippen molar-refractivity contribution in [3.05, 3.63) is 31.2 Å². The quantitative estimate of drug-likeness (QED) is 0.806. The van der Waals surface area contributed by atoms with E-state index in [0.29, 0.717) is 5.75 Å². The molecule has 0 aromatic heterocycles. The molecule has 14 heavy (non-hydrogen) atoms. The predicted molar refractivity (Wildman–Crippen MR) is 53.5 cm³/mol. The summed E-state index contributed by atoms with van der Waals surface area (Å²) in [6.07, 6.45) is 0. The van der Waals surface area contributed by atoms with Crippen LogP contribution >= 0.6 is 0 Å². The number of ether oxygens (including phenoxy) is 1.